The number of hydrogen-bond donors (Lipinski definition) is 2. The molecular formula is C16H28N2O2. The molecule has 1 atom stereocenters. The van der Waals surface area contributed by atoms with Gasteiger partial charge >= 0.3 is 0 Å². The number of carbonyl (C=O) groups excluding carboxylic acids is 2. The molecule has 2 saturated carbocycles. The van der Waals surface area contributed by atoms with E-state index in [1.165, 1.54) is 32.6 Å². The molecule has 2 aliphatic carbocycles. The minimum absolute atomic E-state index is 0.0339. The second-order valence-electron chi connectivity index (χ2n) is 6.69. The summed E-state index contributed by atoms with van der Waals surface area (Å²) in [5.41, 5.74) is 0. The topological polar surface area (TPSA) is 58.2 Å². The fourth-order valence-corrected chi connectivity index (χ4v) is 3.60. The molecule has 0 aromatic carbocycles. The molecule has 2 rings (SSSR count). The molecule has 2 amide bonds. The highest BCUT2D eigenvalue weighted by Crippen LogP contribution is 2.28. The first-order chi connectivity index (χ1) is 9.56. The summed E-state index contributed by atoms with van der Waals surface area (Å²) >= 11 is 0. The van der Waals surface area contributed by atoms with Crippen LogP contribution in [0, 0.1) is 11.8 Å². The Labute approximate surface area is 122 Å². The fraction of sp³-hybridized carbons (Fsp3) is 0.875. The van der Waals surface area contributed by atoms with Crippen LogP contribution in [0.3, 0.4) is 0 Å². The average molecular weight is 280 g/mol. The van der Waals surface area contributed by atoms with Crippen LogP contribution in [0.15, 0.2) is 0 Å². The van der Waals surface area contributed by atoms with Crippen LogP contribution in [-0.2, 0) is 9.59 Å². The molecule has 0 aromatic rings. The van der Waals surface area contributed by atoms with Gasteiger partial charge in [0.25, 0.3) is 0 Å². The Morgan fingerprint density at radius 2 is 1.60 bits per heavy atom. The third kappa shape index (κ3) is 4.22. The van der Waals surface area contributed by atoms with Crippen LogP contribution in [0.2, 0.25) is 0 Å². The van der Waals surface area contributed by atoms with Crippen molar-refractivity contribution in [3.63, 3.8) is 0 Å². The van der Waals surface area contributed by atoms with Crippen molar-refractivity contribution in [3.8, 4) is 0 Å². The summed E-state index contributed by atoms with van der Waals surface area (Å²) in [4.78, 5) is 23.8. The predicted octanol–water partition coefficient (Wildman–Crippen LogP) is 2.38. The molecule has 0 spiro atoms. The SMILES string of the molecule is CC(=O)N[C@H](C(=O)NC1CCC(C)CC1)C1CCCC1. The maximum Gasteiger partial charge on any atom is 0.243 e. The summed E-state index contributed by atoms with van der Waals surface area (Å²) < 4.78 is 0. The average Bonchev–Trinajstić information content (AvgIpc) is 2.92. The zero-order chi connectivity index (χ0) is 14.5. The first kappa shape index (κ1) is 15.3. The van der Waals surface area contributed by atoms with E-state index in [9.17, 15) is 9.59 Å². The van der Waals surface area contributed by atoms with Crippen LogP contribution in [0.1, 0.15) is 65.2 Å². The standard InChI is InChI=1S/C16H28N2O2/c1-11-7-9-14(10-8-11)18-16(20)15(17-12(2)19)13-5-3-4-6-13/h11,13-15H,3-10H2,1-2H3,(H,17,19)(H,18,20)/t11?,14?,15-/m0/s1. The quantitative estimate of drug-likeness (QED) is 0.830. The Morgan fingerprint density at radius 3 is 2.15 bits per heavy atom. The first-order valence-corrected chi connectivity index (χ1v) is 8.13. The minimum atomic E-state index is -0.325. The number of amides is 2. The molecule has 0 saturated heterocycles. The molecule has 2 N–H and O–H groups in total. The monoisotopic (exact) mass is 280 g/mol. The number of carbonyl (C=O) groups is 2. The lowest BCUT2D eigenvalue weighted by atomic mass is 9.87. The van der Waals surface area contributed by atoms with Gasteiger partial charge in [-0.05, 0) is 50.4 Å². The Balaban J connectivity index is 1.90. The third-order valence-corrected chi connectivity index (χ3v) is 4.87. The molecule has 0 bridgehead atoms. The van der Waals surface area contributed by atoms with Gasteiger partial charge in [0.15, 0.2) is 0 Å². The lowest BCUT2D eigenvalue weighted by Gasteiger charge is -2.30. The van der Waals surface area contributed by atoms with Gasteiger partial charge in [-0.15, -0.1) is 0 Å². The van der Waals surface area contributed by atoms with Crippen LogP contribution >= 0.6 is 0 Å². The van der Waals surface area contributed by atoms with Crippen molar-refractivity contribution in [1.82, 2.24) is 10.6 Å². The molecule has 0 aliphatic heterocycles. The van der Waals surface area contributed by atoms with E-state index in [4.69, 9.17) is 0 Å². The number of nitrogens with one attached hydrogen (secondary N) is 2. The van der Waals surface area contributed by atoms with Crippen LogP contribution in [0.25, 0.3) is 0 Å². The van der Waals surface area contributed by atoms with E-state index in [-0.39, 0.29) is 17.9 Å². The molecule has 2 aliphatic rings. The van der Waals surface area contributed by atoms with E-state index in [1.807, 2.05) is 0 Å². The van der Waals surface area contributed by atoms with Gasteiger partial charge in [-0.3, -0.25) is 9.59 Å². The molecular weight excluding hydrogens is 252 g/mol. The van der Waals surface area contributed by atoms with Crippen molar-refractivity contribution in [2.45, 2.75) is 77.3 Å². The largest absolute Gasteiger partial charge is 0.352 e. The second-order valence-corrected chi connectivity index (χ2v) is 6.69. The smallest absolute Gasteiger partial charge is 0.243 e. The Hall–Kier alpha value is -1.06. The van der Waals surface area contributed by atoms with Crippen molar-refractivity contribution in [2.75, 3.05) is 0 Å². The summed E-state index contributed by atoms with van der Waals surface area (Å²) in [6.45, 7) is 3.77. The molecule has 0 aromatic heterocycles. The maximum absolute atomic E-state index is 12.5. The van der Waals surface area contributed by atoms with Gasteiger partial charge in [0, 0.05) is 13.0 Å². The van der Waals surface area contributed by atoms with Gasteiger partial charge in [0.1, 0.15) is 6.04 Å². The first-order valence-electron chi connectivity index (χ1n) is 8.13. The summed E-state index contributed by atoms with van der Waals surface area (Å²) in [5.74, 6) is 1.03. The maximum atomic E-state index is 12.5. The minimum Gasteiger partial charge on any atom is -0.352 e. The summed E-state index contributed by atoms with van der Waals surface area (Å²) in [7, 11) is 0. The van der Waals surface area contributed by atoms with Crippen molar-refractivity contribution in [3.05, 3.63) is 0 Å². The van der Waals surface area contributed by atoms with Gasteiger partial charge in [0.05, 0.1) is 0 Å². The number of rotatable bonds is 4. The molecule has 2 fully saturated rings. The van der Waals surface area contributed by atoms with Gasteiger partial charge in [0.2, 0.25) is 11.8 Å². The lowest BCUT2D eigenvalue weighted by molar-refractivity contribution is -0.130. The highest BCUT2D eigenvalue weighted by Gasteiger charge is 2.32. The second kappa shape index (κ2) is 7.09. The summed E-state index contributed by atoms with van der Waals surface area (Å²) in [5, 5.41) is 6.04. The van der Waals surface area contributed by atoms with Crippen molar-refractivity contribution in [2.24, 2.45) is 11.8 Å². The third-order valence-electron chi connectivity index (χ3n) is 4.87. The molecule has 0 unspecified atom stereocenters. The molecule has 4 nitrogen and oxygen atoms in total. The Bertz CT molecular complexity index is 342. The van der Waals surface area contributed by atoms with Crippen LogP contribution in [-0.4, -0.2) is 23.9 Å². The fourth-order valence-electron chi connectivity index (χ4n) is 3.60. The van der Waals surface area contributed by atoms with E-state index < -0.39 is 0 Å². The van der Waals surface area contributed by atoms with Crippen LogP contribution in [0.5, 0.6) is 0 Å². The zero-order valence-electron chi connectivity index (χ0n) is 12.8. The summed E-state index contributed by atoms with van der Waals surface area (Å²) in [6.07, 6.45) is 9.00. The zero-order valence-corrected chi connectivity index (χ0v) is 12.8. The van der Waals surface area contributed by atoms with E-state index >= 15 is 0 Å². The van der Waals surface area contributed by atoms with E-state index in [2.05, 4.69) is 17.6 Å². The van der Waals surface area contributed by atoms with Crippen molar-refractivity contribution in [1.29, 1.82) is 0 Å². The van der Waals surface area contributed by atoms with Crippen LogP contribution < -0.4 is 10.6 Å². The molecule has 4 heteroatoms. The van der Waals surface area contributed by atoms with Gasteiger partial charge in [-0.1, -0.05) is 19.8 Å². The Kier molecular flexibility index (Phi) is 5.44. The molecule has 20 heavy (non-hydrogen) atoms. The highest BCUT2D eigenvalue weighted by molar-refractivity contribution is 5.87. The van der Waals surface area contributed by atoms with Gasteiger partial charge in [-0.25, -0.2) is 0 Å². The normalized spacial score (nSPS) is 28.9. The highest BCUT2D eigenvalue weighted by atomic mass is 16.2. The Morgan fingerprint density at radius 1 is 1.00 bits per heavy atom. The van der Waals surface area contributed by atoms with Gasteiger partial charge in [-0.2, -0.15) is 0 Å². The van der Waals surface area contributed by atoms with Crippen molar-refractivity contribution < 1.29 is 9.59 Å². The number of hydrogen-bond acceptors (Lipinski definition) is 2. The van der Waals surface area contributed by atoms with E-state index in [0.29, 0.717) is 12.0 Å². The summed E-state index contributed by atoms with van der Waals surface area (Å²) in [6, 6.07) is -0.0225. The predicted molar refractivity (Wildman–Crippen MR) is 79.1 cm³/mol. The molecule has 0 radical (unpaired) electrons. The van der Waals surface area contributed by atoms with E-state index in [0.717, 1.165) is 31.6 Å². The lowest BCUT2D eigenvalue weighted by Crippen LogP contribution is -2.52. The molecule has 0 heterocycles. The van der Waals surface area contributed by atoms with Gasteiger partial charge < -0.3 is 10.6 Å². The van der Waals surface area contributed by atoms with Crippen molar-refractivity contribution >= 4 is 11.8 Å². The molecule has 114 valence electrons. The van der Waals surface area contributed by atoms with E-state index in [1.54, 1.807) is 0 Å². The van der Waals surface area contributed by atoms with Crippen LogP contribution in [0.4, 0.5) is 0 Å².